The summed E-state index contributed by atoms with van der Waals surface area (Å²) in [6.45, 7) is 4.78. The zero-order valence-corrected chi connectivity index (χ0v) is 16.3. The van der Waals surface area contributed by atoms with E-state index in [1.165, 1.54) is 5.56 Å². The third kappa shape index (κ3) is 4.08. The van der Waals surface area contributed by atoms with Gasteiger partial charge in [-0.05, 0) is 25.1 Å². The number of rotatable bonds is 6. The molecule has 146 valence electrons. The van der Waals surface area contributed by atoms with Crippen molar-refractivity contribution >= 4 is 16.8 Å². The lowest BCUT2D eigenvalue weighted by Crippen LogP contribution is -2.47. The van der Waals surface area contributed by atoms with Crippen molar-refractivity contribution in [2.24, 2.45) is 0 Å². The van der Waals surface area contributed by atoms with Crippen LogP contribution in [0.5, 0.6) is 0 Å². The Morgan fingerprint density at radius 2 is 1.93 bits per heavy atom. The Balaban J connectivity index is 1.32. The Kier molecular flexibility index (Phi) is 5.69. The molecule has 6 heteroatoms. The molecule has 0 unspecified atom stereocenters. The number of carbonyl (C=O) groups excluding carboxylic acids is 1. The predicted octanol–water partition coefficient (Wildman–Crippen LogP) is 2.67. The first-order valence-corrected chi connectivity index (χ1v) is 9.91. The van der Waals surface area contributed by atoms with Crippen LogP contribution in [-0.4, -0.2) is 65.7 Å². The predicted molar refractivity (Wildman–Crippen MR) is 111 cm³/mol. The number of nitrogens with one attached hydrogen (secondary N) is 2. The molecule has 1 aromatic heterocycles. The van der Waals surface area contributed by atoms with E-state index in [9.17, 15) is 4.79 Å². The molecular formula is C22H27N5O. The van der Waals surface area contributed by atoms with E-state index in [1.54, 1.807) is 0 Å². The molecule has 1 aliphatic heterocycles. The standard InChI is InChI=1S/C22H27N5O/c1-26-14-15-27(20(16-26)17-8-3-2-4-9-17)13-7-12-23-22(28)21-18-10-5-6-11-19(18)24-25-21/h2-6,8-11,20H,7,12-16H2,1H3,(H,23,28)(H,24,25)/t20-/m0/s1. The van der Waals surface area contributed by atoms with Crippen LogP contribution < -0.4 is 5.32 Å². The second kappa shape index (κ2) is 8.54. The zero-order valence-electron chi connectivity index (χ0n) is 16.3. The monoisotopic (exact) mass is 377 g/mol. The normalized spacial score (nSPS) is 18.4. The summed E-state index contributed by atoms with van der Waals surface area (Å²) >= 11 is 0. The smallest absolute Gasteiger partial charge is 0.272 e. The number of amides is 1. The highest BCUT2D eigenvalue weighted by atomic mass is 16.1. The van der Waals surface area contributed by atoms with Crippen LogP contribution in [0.1, 0.15) is 28.5 Å². The van der Waals surface area contributed by atoms with Crippen molar-refractivity contribution in [3.63, 3.8) is 0 Å². The molecule has 0 radical (unpaired) electrons. The number of aromatic amines is 1. The number of hydrogen-bond donors (Lipinski definition) is 2. The molecule has 1 amide bonds. The summed E-state index contributed by atoms with van der Waals surface area (Å²) in [4.78, 5) is 17.4. The van der Waals surface area contributed by atoms with E-state index in [2.05, 4.69) is 62.7 Å². The topological polar surface area (TPSA) is 64.3 Å². The van der Waals surface area contributed by atoms with Gasteiger partial charge < -0.3 is 10.2 Å². The molecule has 3 aromatic rings. The van der Waals surface area contributed by atoms with Crippen LogP contribution in [0.2, 0.25) is 0 Å². The van der Waals surface area contributed by atoms with E-state index in [4.69, 9.17) is 0 Å². The van der Waals surface area contributed by atoms with Gasteiger partial charge in [0, 0.05) is 44.2 Å². The van der Waals surface area contributed by atoms with Gasteiger partial charge in [0.1, 0.15) is 0 Å². The first-order valence-electron chi connectivity index (χ1n) is 9.91. The Morgan fingerprint density at radius 1 is 1.14 bits per heavy atom. The molecule has 0 saturated carbocycles. The number of carbonyl (C=O) groups is 1. The van der Waals surface area contributed by atoms with Gasteiger partial charge in [-0.3, -0.25) is 14.8 Å². The summed E-state index contributed by atoms with van der Waals surface area (Å²) in [5.41, 5.74) is 2.72. The summed E-state index contributed by atoms with van der Waals surface area (Å²) in [5.74, 6) is -0.115. The van der Waals surface area contributed by atoms with Gasteiger partial charge in [0.25, 0.3) is 5.91 Å². The van der Waals surface area contributed by atoms with Gasteiger partial charge in [-0.1, -0.05) is 48.5 Å². The van der Waals surface area contributed by atoms with Gasteiger partial charge in [-0.2, -0.15) is 5.10 Å². The number of aromatic nitrogens is 2. The van der Waals surface area contributed by atoms with Crippen molar-refractivity contribution in [1.82, 2.24) is 25.3 Å². The van der Waals surface area contributed by atoms with Crippen LogP contribution in [0.4, 0.5) is 0 Å². The molecule has 0 spiro atoms. The first-order chi connectivity index (χ1) is 13.7. The Morgan fingerprint density at radius 3 is 2.79 bits per heavy atom. The minimum atomic E-state index is -0.115. The van der Waals surface area contributed by atoms with Crippen LogP contribution in [0.3, 0.4) is 0 Å². The quantitative estimate of drug-likeness (QED) is 0.649. The van der Waals surface area contributed by atoms with Crippen LogP contribution >= 0.6 is 0 Å². The molecule has 2 N–H and O–H groups in total. The molecule has 4 rings (SSSR count). The number of fused-ring (bicyclic) bond motifs is 1. The number of hydrogen-bond acceptors (Lipinski definition) is 4. The van der Waals surface area contributed by atoms with Gasteiger partial charge in [-0.15, -0.1) is 0 Å². The van der Waals surface area contributed by atoms with E-state index in [1.807, 2.05) is 24.3 Å². The van der Waals surface area contributed by atoms with Gasteiger partial charge in [0.05, 0.1) is 5.52 Å². The lowest BCUT2D eigenvalue weighted by molar-refractivity contribution is 0.0865. The summed E-state index contributed by atoms with van der Waals surface area (Å²) in [6, 6.07) is 18.8. The van der Waals surface area contributed by atoms with E-state index in [0.717, 1.165) is 43.5 Å². The molecular weight excluding hydrogens is 350 g/mol. The van der Waals surface area contributed by atoms with E-state index >= 15 is 0 Å². The van der Waals surface area contributed by atoms with Crippen LogP contribution in [0.25, 0.3) is 10.9 Å². The molecule has 6 nitrogen and oxygen atoms in total. The number of benzene rings is 2. The number of H-pyrrole nitrogens is 1. The zero-order chi connectivity index (χ0) is 19.3. The highest BCUT2D eigenvalue weighted by Gasteiger charge is 2.26. The molecule has 2 aromatic carbocycles. The molecule has 0 bridgehead atoms. The van der Waals surface area contributed by atoms with Crippen molar-refractivity contribution in [2.45, 2.75) is 12.5 Å². The van der Waals surface area contributed by atoms with E-state index in [-0.39, 0.29) is 5.91 Å². The molecule has 1 fully saturated rings. The molecule has 1 aliphatic rings. The van der Waals surface area contributed by atoms with Crippen LogP contribution in [0.15, 0.2) is 54.6 Å². The van der Waals surface area contributed by atoms with Gasteiger partial charge in [-0.25, -0.2) is 0 Å². The van der Waals surface area contributed by atoms with Gasteiger partial charge >= 0.3 is 0 Å². The minimum Gasteiger partial charge on any atom is -0.351 e. The minimum absolute atomic E-state index is 0.115. The maximum Gasteiger partial charge on any atom is 0.272 e. The molecule has 1 atom stereocenters. The lowest BCUT2D eigenvalue weighted by atomic mass is 10.0. The van der Waals surface area contributed by atoms with E-state index < -0.39 is 0 Å². The van der Waals surface area contributed by atoms with Crippen molar-refractivity contribution < 1.29 is 4.79 Å². The number of nitrogens with zero attached hydrogens (tertiary/aromatic N) is 3. The van der Waals surface area contributed by atoms with E-state index in [0.29, 0.717) is 18.3 Å². The third-order valence-electron chi connectivity index (χ3n) is 5.47. The van der Waals surface area contributed by atoms with Crippen LogP contribution in [0, 0.1) is 0 Å². The second-order valence-electron chi connectivity index (χ2n) is 7.45. The fourth-order valence-corrected chi connectivity index (χ4v) is 3.92. The highest BCUT2D eigenvalue weighted by Crippen LogP contribution is 2.24. The maximum atomic E-state index is 12.5. The Hall–Kier alpha value is -2.70. The fourth-order valence-electron chi connectivity index (χ4n) is 3.92. The Bertz CT molecular complexity index is 923. The van der Waals surface area contributed by atoms with Crippen molar-refractivity contribution in [1.29, 1.82) is 0 Å². The summed E-state index contributed by atoms with van der Waals surface area (Å²) < 4.78 is 0. The average molecular weight is 377 g/mol. The largest absolute Gasteiger partial charge is 0.351 e. The lowest BCUT2D eigenvalue weighted by Gasteiger charge is -2.40. The van der Waals surface area contributed by atoms with Crippen LogP contribution in [-0.2, 0) is 0 Å². The highest BCUT2D eigenvalue weighted by molar-refractivity contribution is 6.04. The Labute approximate surface area is 165 Å². The van der Waals surface area contributed by atoms with Crippen molar-refractivity contribution in [3.05, 3.63) is 65.9 Å². The summed E-state index contributed by atoms with van der Waals surface area (Å²) in [7, 11) is 2.18. The first kappa shape index (κ1) is 18.7. The van der Waals surface area contributed by atoms with Gasteiger partial charge in [0.15, 0.2) is 5.69 Å². The SMILES string of the molecule is CN1CCN(CCCNC(=O)c2n[nH]c3ccccc23)[C@H](c2ccccc2)C1. The summed E-state index contributed by atoms with van der Waals surface area (Å²) in [6.07, 6.45) is 0.918. The van der Waals surface area contributed by atoms with Gasteiger partial charge in [0.2, 0.25) is 0 Å². The molecule has 2 heterocycles. The third-order valence-corrected chi connectivity index (χ3v) is 5.47. The second-order valence-corrected chi connectivity index (χ2v) is 7.45. The number of para-hydroxylation sites is 1. The number of piperazine rings is 1. The molecule has 28 heavy (non-hydrogen) atoms. The van der Waals surface area contributed by atoms with Crippen molar-refractivity contribution in [2.75, 3.05) is 39.8 Å². The van der Waals surface area contributed by atoms with Crippen molar-refractivity contribution in [3.8, 4) is 0 Å². The fraction of sp³-hybridized carbons (Fsp3) is 0.364. The summed E-state index contributed by atoms with van der Waals surface area (Å²) in [5, 5.41) is 11.0. The maximum absolute atomic E-state index is 12.5. The molecule has 0 aliphatic carbocycles. The molecule has 1 saturated heterocycles. The average Bonchev–Trinajstić information content (AvgIpc) is 3.17. The number of likely N-dealkylation sites (N-methyl/N-ethyl adjacent to an activating group) is 1.